The summed E-state index contributed by atoms with van der Waals surface area (Å²) in [5.41, 5.74) is 0. The first kappa shape index (κ1) is 9.45. The van der Waals surface area contributed by atoms with Gasteiger partial charge in [0.1, 0.15) is 0 Å². The summed E-state index contributed by atoms with van der Waals surface area (Å²) < 4.78 is 4.85. The van der Waals surface area contributed by atoms with Gasteiger partial charge in [-0.3, -0.25) is 4.79 Å². The number of esters is 1. The van der Waals surface area contributed by atoms with Crippen LogP contribution in [-0.2, 0) is 9.53 Å². The Kier molecular flexibility index (Phi) is 3.03. The molecule has 0 bridgehead atoms. The molecule has 1 unspecified atom stereocenters. The molecule has 1 atom stereocenters. The molecule has 0 saturated heterocycles. The van der Waals surface area contributed by atoms with Gasteiger partial charge in [-0.05, 0) is 19.3 Å². The second kappa shape index (κ2) is 3.85. The zero-order valence-electron chi connectivity index (χ0n) is 7.29. The number of carbonyl (C=O) groups is 1. The Labute approximate surface area is 76.5 Å². The van der Waals surface area contributed by atoms with Crippen LogP contribution in [0.4, 0.5) is 0 Å². The molecule has 0 amide bonds. The van der Waals surface area contributed by atoms with Gasteiger partial charge in [-0.15, -0.1) is 11.8 Å². The molecule has 0 saturated carbocycles. The lowest BCUT2D eigenvalue weighted by Gasteiger charge is -2.22. The Bertz CT molecular complexity index is 195. The lowest BCUT2D eigenvalue weighted by atomic mass is 10.2. The topological polar surface area (TPSA) is 38.3 Å². The third-order valence-electron chi connectivity index (χ3n) is 1.57. The van der Waals surface area contributed by atoms with Gasteiger partial charge in [-0.2, -0.15) is 0 Å². The van der Waals surface area contributed by atoms with E-state index >= 15 is 0 Å². The highest BCUT2D eigenvalue weighted by molar-refractivity contribution is 8.03. The van der Waals surface area contributed by atoms with E-state index in [2.05, 4.69) is 5.32 Å². The minimum Gasteiger partial charge on any atom is -0.466 e. The van der Waals surface area contributed by atoms with Crippen LogP contribution >= 0.6 is 11.8 Å². The fourth-order valence-electron chi connectivity index (χ4n) is 1.01. The van der Waals surface area contributed by atoms with Crippen LogP contribution in [0.1, 0.15) is 20.3 Å². The average Bonchev–Trinajstić information content (AvgIpc) is 2.36. The van der Waals surface area contributed by atoms with Gasteiger partial charge in [0.15, 0.2) is 0 Å². The highest BCUT2D eigenvalue weighted by Crippen LogP contribution is 2.31. The molecule has 1 aliphatic heterocycles. The SMILES string of the molecule is CCOC(=O)CC1(C)NC=CS1. The van der Waals surface area contributed by atoms with E-state index in [0.717, 1.165) is 0 Å². The van der Waals surface area contributed by atoms with E-state index in [1.165, 1.54) is 0 Å². The van der Waals surface area contributed by atoms with Crippen molar-refractivity contribution in [3.05, 3.63) is 11.6 Å². The second-order valence-electron chi connectivity index (χ2n) is 2.78. The van der Waals surface area contributed by atoms with Crippen molar-refractivity contribution in [3.63, 3.8) is 0 Å². The molecule has 1 rings (SSSR count). The standard InChI is InChI=1S/C8H13NO2S/c1-3-11-7(10)6-8(2)9-4-5-12-8/h4-5,9H,3,6H2,1-2H3. The largest absolute Gasteiger partial charge is 0.466 e. The zero-order valence-corrected chi connectivity index (χ0v) is 8.11. The Morgan fingerprint density at radius 2 is 2.50 bits per heavy atom. The third-order valence-corrected chi connectivity index (χ3v) is 2.63. The lowest BCUT2D eigenvalue weighted by Crippen LogP contribution is -2.34. The highest BCUT2D eigenvalue weighted by atomic mass is 32.2. The first-order valence-electron chi connectivity index (χ1n) is 3.92. The van der Waals surface area contributed by atoms with Gasteiger partial charge in [0.2, 0.25) is 0 Å². The van der Waals surface area contributed by atoms with Gasteiger partial charge >= 0.3 is 5.97 Å². The maximum Gasteiger partial charge on any atom is 0.309 e. The molecule has 4 heteroatoms. The summed E-state index contributed by atoms with van der Waals surface area (Å²) in [5, 5.41) is 5.05. The maximum absolute atomic E-state index is 11.1. The molecule has 0 aromatic heterocycles. The first-order chi connectivity index (χ1) is 5.66. The zero-order chi connectivity index (χ0) is 9.03. The molecule has 0 fully saturated rings. The van der Waals surface area contributed by atoms with Crippen molar-refractivity contribution in [1.29, 1.82) is 0 Å². The van der Waals surface area contributed by atoms with E-state index in [1.54, 1.807) is 11.8 Å². The van der Waals surface area contributed by atoms with Gasteiger partial charge in [-0.1, -0.05) is 0 Å². The molecule has 0 aromatic carbocycles. The highest BCUT2D eigenvalue weighted by Gasteiger charge is 2.29. The van der Waals surface area contributed by atoms with Crippen molar-refractivity contribution in [2.24, 2.45) is 0 Å². The van der Waals surface area contributed by atoms with Crippen molar-refractivity contribution >= 4 is 17.7 Å². The van der Waals surface area contributed by atoms with Gasteiger partial charge in [0, 0.05) is 6.20 Å². The van der Waals surface area contributed by atoms with Crippen LogP contribution in [-0.4, -0.2) is 17.4 Å². The number of hydrogen-bond acceptors (Lipinski definition) is 4. The van der Waals surface area contributed by atoms with Gasteiger partial charge in [0.25, 0.3) is 0 Å². The summed E-state index contributed by atoms with van der Waals surface area (Å²) >= 11 is 1.61. The summed E-state index contributed by atoms with van der Waals surface area (Å²) in [5.74, 6) is -0.149. The predicted octanol–water partition coefficient (Wildman–Crippen LogP) is 1.46. The summed E-state index contributed by atoms with van der Waals surface area (Å²) in [6.07, 6.45) is 2.25. The summed E-state index contributed by atoms with van der Waals surface area (Å²) in [6, 6.07) is 0. The first-order valence-corrected chi connectivity index (χ1v) is 4.80. The number of hydrogen-bond donors (Lipinski definition) is 1. The molecule has 12 heavy (non-hydrogen) atoms. The molecule has 1 N–H and O–H groups in total. The Balaban J connectivity index is 2.34. The smallest absolute Gasteiger partial charge is 0.309 e. The van der Waals surface area contributed by atoms with E-state index in [-0.39, 0.29) is 10.8 Å². The van der Waals surface area contributed by atoms with Gasteiger partial charge < -0.3 is 10.1 Å². The molecule has 0 radical (unpaired) electrons. The number of rotatable bonds is 3. The Hall–Kier alpha value is -0.640. The fraction of sp³-hybridized carbons (Fsp3) is 0.625. The molecule has 68 valence electrons. The normalized spacial score (nSPS) is 26.8. The predicted molar refractivity (Wildman–Crippen MR) is 49.5 cm³/mol. The van der Waals surface area contributed by atoms with Gasteiger partial charge in [-0.25, -0.2) is 0 Å². The molecular weight excluding hydrogens is 174 g/mol. The molecule has 1 aliphatic rings. The van der Waals surface area contributed by atoms with E-state index < -0.39 is 0 Å². The summed E-state index contributed by atoms with van der Waals surface area (Å²) in [7, 11) is 0. The Morgan fingerprint density at radius 3 is 3.00 bits per heavy atom. The van der Waals surface area contributed by atoms with E-state index in [0.29, 0.717) is 13.0 Å². The lowest BCUT2D eigenvalue weighted by molar-refractivity contribution is -0.143. The van der Waals surface area contributed by atoms with E-state index in [4.69, 9.17) is 4.74 Å². The van der Waals surface area contributed by atoms with Crippen molar-refractivity contribution < 1.29 is 9.53 Å². The number of thioether (sulfide) groups is 1. The van der Waals surface area contributed by atoms with Crippen LogP contribution in [0.5, 0.6) is 0 Å². The monoisotopic (exact) mass is 187 g/mol. The van der Waals surface area contributed by atoms with Crippen LogP contribution in [0, 0.1) is 0 Å². The van der Waals surface area contributed by atoms with Crippen LogP contribution in [0.2, 0.25) is 0 Å². The Morgan fingerprint density at radius 1 is 1.75 bits per heavy atom. The molecular formula is C8H13NO2S. The van der Waals surface area contributed by atoms with E-state index in [9.17, 15) is 4.79 Å². The minimum atomic E-state index is -0.202. The van der Waals surface area contributed by atoms with Crippen LogP contribution < -0.4 is 5.32 Å². The fourth-order valence-corrected chi connectivity index (χ4v) is 1.78. The molecule has 0 aliphatic carbocycles. The second-order valence-corrected chi connectivity index (χ2v) is 4.19. The molecule has 0 spiro atoms. The minimum absolute atomic E-state index is 0.149. The maximum atomic E-state index is 11.1. The number of ether oxygens (including phenoxy) is 1. The third kappa shape index (κ3) is 2.44. The number of carbonyl (C=O) groups excluding carboxylic acids is 1. The quantitative estimate of drug-likeness (QED) is 0.679. The molecule has 1 heterocycles. The number of nitrogens with one attached hydrogen (secondary N) is 1. The van der Waals surface area contributed by atoms with Crippen LogP contribution in [0.15, 0.2) is 11.6 Å². The van der Waals surface area contributed by atoms with Crippen molar-refractivity contribution in [3.8, 4) is 0 Å². The van der Waals surface area contributed by atoms with Crippen LogP contribution in [0.25, 0.3) is 0 Å². The van der Waals surface area contributed by atoms with Crippen molar-refractivity contribution in [1.82, 2.24) is 5.32 Å². The summed E-state index contributed by atoms with van der Waals surface area (Å²) in [4.78, 5) is 10.9. The van der Waals surface area contributed by atoms with E-state index in [1.807, 2.05) is 25.5 Å². The summed E-state index contributed by atoms with van der Waals surface area (Å²) in [6.45, 7) is 4.25. The van der Waals surface area contributed by atoms with Crippen LogP contribution in [0.3, 0.4) is 0 Å². The average molecular weight is 187 g/mol. The van der Waals surface area contributed by atoms with Crippen molar-refractivity contribution in [2.45, 2.75) is 25.1 Å². The van der Waals surface area contributed by atoms with Crippen molar-refractivity contribution in [2.75, 3.05) is 6.61 Å². The van der Waals surface area contributed by atoms with Gasteiger partial charge in [0.05, 0.1) is 17.9 Å². The molecule has 3 nitrogen and oxygen atoms in total. The molecule has 0 aromatic rings.